The number of nitrogens with one attached hydrogen (secondary N) is 3. The predicted octanol–water partition coefficient (Wildman–Crippen LogP) is 3.68. The number of carbonyl (C=O) groups is 1. The minimum absolute atomic E-state index is 0.107. The van der Waals surface area contributed by atoms with Crippen molar-refractivity contribution in [2.24, 2.45) is 0 Å². The Kier molecular flexibility index (Phi) is 5.32. The molecule has 1 aromatic carbocycles. The van der Waals surface area contributed by atoms with E-state index in [0.29, 0.717) is 18.2 Å². The molecule has 0 bridgehead atoms. The Hall–Kier alpha value is -2.89. The summed E-state index contributed by atoms with van der Waals surface area (Å²) in [6, 6.07) is 10.2. The maximum absolute atomic E-state index is 12.4. The lowest BCUT2D eigenvalue weighted by Crippen LogP contribution is -2.36. The molecule has 0 radical (unpaired) electrons. The average molecular weight is 363 g/mol. The quantitative estimate of drug-likeness (QED) is 0.624. The van der Waals surface area contributed by atoms with Gasteiger partial charge in [-0.3, -0.25) is 4.79 Å². The smallest absolute Gasteiger partial charge is 0.270 e. The number of aromatic amines is 1. The standard InChI is InChI=1S/C21H25N5O/c27-20(25-16-6-2-1-3-7-16)19-11-13-23-21(26-19)22-12-10-15-14-24-18-9-5-4-8-17(15)18/h4-5,8-9,11,13-14,16,24H,1-3,6-7,10,12H2,(H,25,27)(H,22,23,26). The molecule has 0 saturated heterocycles. The summed E-state index contributed by atoms with van der Waals surface area (Å²) >= 11 is 0. The van der Waals surface area contributed by atoms with Gasteiger partial charge >= 0.3 is 0 Å². The van der Waals surface area contributed by atoms with Crippen LogP contribution in [0.4, 0.5) is 5.95 Å². The van der Waals surface area contributed by atoms with E-state index in [1.807, 2.05) is 18.3 Å². The summed E-state index contributed by atoms with van der Waals surface area (Å²) in [4.78, 5) is 24.3. The zero-order valence-electron chi connectivity index (χ0n) is 15.4. The van der Waals surface area contributed by atoms with Crippen molar-refractivity contribution in [1.29, 1.82) is 0 Å². The van der Waals surface area contributed by atoms with Crippen molar-refractivity contribution in [1.82, 2.24) is 20.3 Å². The molecule has 3 N–H and O–H groups in total. The van der Waals surface area contributed by atoms with Crippen LogP contribution in [0.5, 0.6) is 0 Å². The molecule has 2 aromatic heterocycles. The predicted molar refractivity (Wildman–Crippen MR) is 107 cm³/mol. The van der Waals surface area contributed by atoms with Crippen molar-refractivity contribution in [2.75, 3.05) is 11.9 Å². The van der Waals surface area contributed by atoms with Crippen molar-refractivity contribution >= 4 is 22.8 Å². The number of amides is 1. The minimum Gasteiger partial charge on any atom is -0.361 e. The van der Waals surface area contributed by atoms with Crippen molar-refractivity contribution in [2.45, 2.75) is 44.6 Å². The molecule has 1 aliphatic rings. The van der Waals surface area contributed by atoms with Crippen molar-refractivity contribution in [3.63, 3.8) is 0 Å². The van der Waals surface area contributed by atoms with E-state index in [1.54, 1.807) is 12.3 Å². The third-order valence-electron chi connectivity index (χ3n) is 5.18. The number of aromatic nitrogens is 3. The van der Waals surface area contributed by atoms with Crippen LogP contribution in [0.25, 0.3) is 10.9 Å². The molecule has 4 rings (SSSR count). The maximum Gasteiger partial charge on any atom is 0.270 e. The average Bonchev–Trinajstić information content (AvgIpc) is 3.12. The van der Waals surface area contributed by atoms with Gasteiger partial charge in [0.05, 0.1) is 0 Å². The zero-order chi connectivity index (χ0) is 18.5. The molecule has 1 aliphatic carbocycles. The van der Waals surface area contributed by atoms with Crippen molar-refractivity contribution in [3.8, 4) is 0 Å². The molecule has 3 aromatic rings. The van der Waals surface area contributed by atoms with Gasteiger partial charge in [-0.15, -0.1) is 0 Å². The number of hydrogen-bond donors (Lipinski definition) is 3. The second-order valence-electron chi connectivity index (χ2n) is 7.11. The van der Waals surface area contributed by atoms with Gasteiger partial charge in [0, 0.05) is 35.9 Å². The van der Waals surface area contributed by atoms with Crippen molar-refractivity contribution < 1.29 is 4.79 Å². The van der Waals surface area contributed by atoms with Gasteiger partial charge in [0.1, 0.15) is 5.69 Å². The van der Waals surface area contributed by atoms with Gasteiger partial charge in [-0.05, 0) is 37.0 Å². The summed E-state index contributed by atoms with van der Waals surface area (Å²) in [6.07, 6.45) is 10.3. The lowest BCUT2D eigenvalue weighted by molar-refractivity contribution is 0.0922. The van der Waals surface area contributed by atoms with Crippen LogP contribution in [-0.4, -0.2) is 33.4 Å². The molecule has 140 valence electrons. The third kappa shape index (κ3) is 4.27. The van der Waals surface area contributed by atoms with E-state index < -0.39 is 0 Å². The summed E-state index contributed by atoms with van der Waals surface area (Å²) in [5.41, 5.74) is 2.82. The number of hydrogen-bond acceptors (Lipinski definition) is 4. The summed E-state index contributed by atoms with van der Waals surface area (Å²) in [5, 5.41) is 7.57. The zero-order valence-corrected chi connectivity index (χ0v) is 15.4. The fraction of sp³-hybridized carbons (Fsp3) is 0.381. The second-order valence-corrected chi connectivity index (χ2v) is 7.11. The molecule has 27 heavy (non-hydrogen) atoms. The van der Waals surface area contributed by atoms with Gasteiger partial charge in [0.2, 0.25) is 5.95 Å². The lowest BCUT2D eigenvalue weighted by atomic mass is 9.95. The highest BCUT2D eigenvalue weighted by Crippen LogP contribution is 2.19. The Labute approximate surface area is 158 Å². The highest BCUT2D eigenvalue weighted by atomic mass is 16.1. The summed E-state index contributed by atoms with van der Waals surface area (Å²) < 4.78 is 0. The summed E-state index contributed by atoms with van der Waals surface area (Å²) in [6.45, 7) is 0.704. The fourth-order valence-corrected chi connectivity index (χ4v) is 3.72. The van der Waals surface area contributed by atoms with Gasteiger partial charge in [-0.2, -0.15) is 0 Å². The molecule has 6 nitrogen and oxygen atoms in total. The van der Waals surface area contributed by atoms with Crippen LogP contribution in [0.2, 0.25) is 0 Å². The van der Waals surface area contributed by atoms with E-state index in [4.69, 9.17) is 0 Å². The first-order valence-corrected chi connectivity index (χ1v) is 9.72. The Morgan fingerprint density at radius 2 is 2.00 bits per heavy atom. The van der Waals surface area contributed by atoms with E-state index in [2.05, 4.69) is 37.7 Å². The number of carbonyl (C=O) groups excluding carboxylic acids is 1. The van der Waals surface area contributed by atoms with Crippen LogP contribution < -0.4 is 10.6 Å². The first kappa shape index (κ1) is 17.5. The molecule has 1 fully saturated rings. The largest absolute Gasteiger partial charge is 0.361 e. The molecule has 0 aliphatic heterocycles. The van der Waals surface area contributed by atoms with Crippen LogP contribution in [0.3, 0.4) is 0 Å². The number of benzene rings is 1. The number of fused-ring (bicyclic) bond motifs is 1. The monoisotopic (exact) mass is 363 g/mol. The van der Waals surface area contributed by atoms with Crippen LogP contribution >= 0.6 is 0 Å². The lowest BCUT2D eigenvalue weighted by Gasteiger charge is -2.22. The highest BCUT2D eigenvalue weighted by Gasteiger charge is 2.17. The number of para-hydroxylation sites is 1. The normalized spacial score (nSPS) is 15.0. The van der Waals surface area contributed by atoms with Crippen LogP contribution in [0.15, 0.2) is 42.7 Å². The fourth-order valence-electron chi connectivity index (χ4n) is 3.72. The molecule has 6 heteroatoms. The molecule has 0 atom stereocenters. The summed E-state index contributed by atoms with van der Waals surface area (Å²) in [5.74, 6) is 0.384. The van der Waals surface area contributed by atoms with Gasteiger partial charge in [0.25, 0.3) is 5.91 Å². The topological polar surface area (TPSA) is 82.7 Å². The van der Waals surface area contributed by atoms with Gasteiger partial charge in [-0.1, -0.05) is 37.5 Å². The number of nitrogens with zero attached hydrogens (tertiary/aromatic N) is 2. The van der Waals surface area contributed by atoms with E-state index in [1.165, 1.54) is 30.2 Å². The molecular formula is C21H25N5O. The minimum atomic E-state index is -0.107. The Morgan fingerprint density at radius 1 is 1.15 bits per heavy atom. The first-order chi connectivity index (χ1) is 13.3. The van der Waals surface area contributed by atoms with E-state index in [0.717, 1.165) is 24.8 Å². The number of H-pyrrole nitrogens is 1. The van der Waals surface area contributed by atoms with Gasteiger partial charge in [-0.25, -0.2) is 9.97 Å². The van der Waals surface area contributed by atoms with Gasteiger partial charge in [0.15, 0.2) is 0 Å². The first-order valence-electron chi connectivity index (χ1n) is 9.72. The Balaban J connectivity index is 1.34. The maximum atomic E-state index is 12.4. The highest BCUT2D eigenvalue weighted by molar-refractivity contribution is 5.92. The SMILES string of the molecule is O=C(NC1CCCCC1)c1ccnc(NCCc2c[nH]c3ccccc23)n1. The van der Waals surface area contributed by atoms with Crippen LogP contribution in [0, 0.1) is 0 Å². The number of rotatable bonds is 6. The molecule has 0 spiro atoms. The Bertz CT molecular complexity index is 914. The van der Waals surface area contributed by atoms with E-state index in [9.17, 15) is 4.79 Å². The molecule has 1 amide bonds. The van der Waals surface area contributed by atoms with Crippen LogP contribution in [0.1, 0.15) is 48.2 Å². The van der Waals surface area contributed by atoms with E-state index >= 15 is 0 Å². The third-order valence-corrected chi connectivity index (χ3v) is 5.18. The molecule has 0 unspecified atom stereocenters. The Morgan fingerprint density at radius 3 is 2.89 bits per heavy atom. The van der Waals surface area contributed by atoms with Crippen LogP contribution in [-0.2, 0) is 6.42 Å². The van der Waals surface area contributed by atoms with Crippen molar-refractivity contribution in [3.05, 3.63) is 54.0 Å². The second kappa shape index (κ2) is 8.20. The number of anilines is 1. The molecule has 1 saturated carbocycles. The molecule has 2 heterocycles. The summed E-state index contributed by atoms with van der Waals surface area (Å²) in [7, 11) is 0. The molecular weight excluding hydrogens is 338 g/mol. The van der Waals surface area contributed by atoms with E-state index in [-0.39, 0.29) is 11.9 Å². The van der Waals surface area contributed by atoms with Gasteiger partial charge < -0.3 is 15.6 Å².